The van der Waals surface area contributed by atoms with E-state index in [4.69, 9.17) is 0 Å². The number of hydrazone groups is 2. The lowest BCUT2D eigenvalue weighted by Crippen LogP contribution is -2.21. The SMILES string of the molecule is CCN(CC)c1ccc(C=NNC(=O)CC2=NNC(=O)C2)cc1. The van der Waals surface area contributed by atoms with Gasteiger partial charge in [-0.2, -0.15) is 10.2 Å². The van der Waals surface area contributed by atoms with Crippen LogP contribution in [0.3, 0.4) is 0 Å². The molecule has 0 bridgehead atoms. The molecule has 0 radical (unpaired) electrons. The first-order valence-corrected chi connectivity index (χ1v) is 7.63. The van der Waals surface area contributed by atoms with E-state index in [9.17, 15) is 9.59 Å². The lowest BCUT2D eigenvalue weighted by Gasteiger charge is -2.20. The van der Waals surface area contributed by atoms with Crippen molar-refractivity contribution >= 4 is 29.4 Å². The third kappa shape index (κ3) is 4.91. The van der Waals surface area contributed by atoms with Gasteiger partial charge in [0.1, 0.15) is 0 Å². The first-order chi connectivity index (χ1) is 11.1. The van der Waals surface area contributed by atoms with E-state index in [0.29, 0.717) is 5.71 Å². The molecule has 1 heterocycles. The van der Waals surface area contributed by atoms with Crippen LogP contribution in [0.25, 0.3) is 0 Å². The van der Waals surface area contributed by atoms with Crippen LogP contribution in [0.1, 0.15) is 32.3 Å². The third-order valence-electron chi connectivity index (χ3n) is 3.49. The van der Waals surface area contributed by atoms with Gasteiger partial charge in [0.15, 0.2) is 0 Å². The van der Waals surface area contributed by atoms with Crippen LogP contribution in [-0.2, 0) is 9.59 Å². The molecule has 2 N–H and O–H groups in total. The number of carbonyl (C=O) groups is 2. The van der Waals surface area contributed by atoms with Gasteiger partial charge in [0.05, 0.1) is 24.8 Å². The van der Waals surface area contributed by atoms with Crippen LogP contribution in [0.2, 0.25) is 0 Å². The average molecular weight is 315 g/mol. The molecule has 7 nitrogen and oxygen atoms in total. The topological polar surface area (TPSA) is 86.2 Å². The number of nitrogens with zero attached hydrogens (tertiary/aromatic N) is 3. The maximum absolute atomic E-state index is 11.7. The maximum atomic E-state index is 11.7. The first-order valence-electron chi connectivity index (χ1n) is 7.63. The molecule has 0 atom stereocenters. The number of rotatable bonds is 7. The molecule has 7 heteroatoms. The molecule has 0 saturated carbocycles. The number of carbonyl (C=O) groups excluding carboxylic acids is 2. The molecule has 1 aliphatic rings. The molecule has 1 aliphatic heterocycles. The number of hydrogen-bond acceptors (Lipinski definition) is 5. The van der Waals surface area contributed by atoms with E-state index in [1.54, 1.807) is 6.21 Å². The van der Waals surface area contributed by atoms with E-state index in [1.165, 1.54) is 0 Å². The Morgan fingerprint density at radius 3 is 2.61 bits per heavy atom. The first kappa shape index (κ1) is 16.7. The molecular formula is C16H21N5O2. The summed E-state index contributed by atoms with van der Waals surface area (Å²) in [7, 11) is 0. The highest BCUT2D eigenvalue weighted by Gasteiger charge is 2.16. The molecule has 122 valence electrons. The Morgan fingerprint density at radius 2 is 2.04 bits per heavy atom. The number of nitrogens with one attached hydrogen (secondary N) is 2. The van der Waals surface area contributed by atoms with E-state index < -0.39 is 0 Å². The van der Waals surface area contributed by atoms with Crippen molar-refractivity contribution < 1.29 is 9.59 Å². The molecule has 2 rings (SSSR count). The van der Waals surface area contributed by atoms with Gasteiger partial charge in [-0.1, -0.05) is 12.1 Å². The molecule has 1 aromatic carbocycles. The Bertz CT molecular complexity index is 618. The molecule has 0 spiro atoms. The van der Waals surface area contributed by atoms with Crippen molar-refractivity contribution in [1.82, 2.24) is 10.9 Å². The summed E-state index contributed by atoms with van der Waals surface area (Å²) in [5.41, 5.74) is 7.32. The summed E-state index contributed by atoms with van der Waals surface area (Å²) in [5, 5.41) is 7.68. The third-order valence-corrected chi connectivity index (χ3v) is 3.49. The second-order valence-electron chi connectivity index (χ2n) is 5.12. The Labute approximate surface area is 135 Å². The lowest BCUT2D eigenvalue weighted by atomic mass is 10.2. The molecule has 1 aromatic rings. The van der Waals surface area contributed by atoms with Crippen LogP contribution in [-0.4, -0.2) is 36.8 Å². The van der Waals surface area contributed by atoms with Gasteiger partial charge in [0.25, 0.3) is 0 Å². The highest BCUT2D eigenvalue weighted by Crippen LogP contribution is 2.13. The van der Waals surface area contributed by atoms with Gasteiger partial charge < -0.3 is 4.90 Å². The number of anilines is 1. The number of amides is 2. The van der Waals surface area contributed by atoms with E-state index in [2.05, 4.69) is 39.8 Å². The maximum Gasteiger partial charge on any atom is 0.245 e. The Balaban J connectivity index is 1.83. The summed E-state index contributed by atoms with van der Waals surface area (Å²) in [6.07, 6.45) is 1.82. The molecule has 0 aliphatic carbocycles. The monoisotopic (exact) mass is 315 g/mol. The standard InChI is InChI=1S/C16H21N5O2/c1-3-21(4-2)14-7-5-12(6-8-14)11-17-19-15(22)9-13-10-16(23)20-18-13/h5-8,11H,3-4,9-10H2,1-2H3,(H,19,22)(H,20,23). The normalized spacial score (nSPS) is 13.8. The minimum atomic E-state index is -0.295. The Hall–Kier alpha value is -2.70. The van der Waals surface area contributed by atoms with Gasteiger partial charge in [-0.15, -0.1) is 0 Å². The second kappa shape index (κ2) is 8.07. The zero-order chi connectivity index (χ0) is 16.7. The summed E-state index contributed by atoms with van der Waals surface area (Å²) in [6, 6.07) is 7.96. The Kier molecular flexibility index (Phi) is 5.85. The highest BCUT2D eigenvalue weighted by molar-refractivity contribution is 6.11. The molecule has 0 saturated heterocycles. The average Bonchev–Trinajstić information content (AvgIpc) is 2.95. The molecular weight excluding hydrogens is 294 g/mol. The fourth-order valence-corrected chi connectivity index (χ4v) is 2.27. The summed E-state index contributed by atoms with van der Waals surface area (Å²) >= 11 is 0. The second-order valence-corrected chi connectivity index (χ2v) is 5.12. The summed E-state index contributed by atoms with van der Waals surface area (Å²) in [5.74, 6) is -0.485. The van der Waals surface area contributed by atoms with Crippen molar-refractivity contribution in [3.8, 4) is 0 Å². The molecule has 0 unspecified atom stereocenters. The zero-order valence-electron chi connectivity index (χ0n) is 13.4. The Morgan fingerprint density at radius 1 is 1.35 bits per heavy atom. The van der Waals surface area contributed by atoms with Crippen molar-refractivity contribution in [3.05, 3.63) is 29.8 Å². The fraction of sp³-hybridized carbons (Fsp3) is 0.375. The van der Waals surface area contributed by atoms with E-state index in [-0.39, 0.29) is 24.7 Å². The predicted octanol–water partition coefficient (Wildman–Crippen LogP) is 1.25. The smallest absolute Gasteiger partial charge is 0.245 e. The lowest BCUT2D eigenvalue weighted by molar-refractivity contribution is -0.119. The van der Waals surface area contributed by atoms with Gasteiger partial charge in [0, 0.05) is 18.8 Å². The van der Waals surface area contributed by atoms with E-state index in [1.807, 2.05) is 24.3 Å². The number of benzene rings is 1. The van der Waals surface area contributed by atoms with Crippen LogP contribution < -0.4 is 15.8 Å². The quantitative estimate of drug-likeness (QED) is 0.586. The number of hydrogen-bond donors (Lipinski definition) is 2. The van der Waals surface area contributed by atoms with Crippen molar-refractivity contribution in [3.63, 3.8) is 0 Å². The van der Waals surface area contributed by atoms with Gasteiger partial charge in [0.2, 0.25) is 11.8 Å². The van der Waals surface area contributed by atoms with Gasteiger partial charge >= 0.3 is 0 Å². The predicted molar refractivity (Wildman–Crippen MR) is 90.6 cm³/mol. The van der Waals surface area contributed by atoms with Gasteiger partial charge in [-0.3, -0.25) is 9.59 Å². The van der Waals surface area contributed by atoms with Crippen molar-refractivity contribution in [1.29, 1.82) is 0 Å². The summed E-state index contributed by atoms with van der Waals surface area (Å²) in [4.78, 5) is 24.9. The van der Waals surface area contributed by atoms with Crippen molar-refractivity contribution in [2.75, 3.05) is 18.0 Å². The minimum absolute atomic E-state index is 0.0664. The minimum Gasteiger partial charge on any atom is -0.372 e. The highest BCUT2D eigenvalue weighted by atomic mass is 16.2. The largest absolute Gasteiger partial charge is 0.372 e. The van der Waals surface area contributed by atoms with E-state index in [0.717, 1.165) is 24.3 Å². The molecule has 0 fully saturated rings. The van der Waals surface area contributed by atoms with Crippen LogP contribution in [0.15, 0.2) is 34.5 Å². The van der Waals surface area contributed by atoms with Crippen LogP contribution in [0, 0.1) is 0 Å². The molecule has 2 amide bonds. The molecule has 0 aromatic heterocycles. The fourth-order valence-electron chi connectivity index (χ4n) is 2.27. The van der Waals surface area contributed by atoms with Gasteiger partial charge in [-0.05, 0) is 31.5 Å². The summed E-state index contributed by atoms with van der Waals surface area (Å²) in [6.45, 7) is 6.15. The van der Waals surface area contributed by atoms with Crippen molar-refractivity contribution in [2.24, 2.45) is 10.2 Å². The van der Waals surface area contributed by atoms with Crippen LogP contribution in [0.4, 0.5) is 5.69 Å². The molecule has 23 heavy (non-hydrogen) atoms. The van der Waals surface area contributed by atoms with Crippen LogP contribution >= 0.6 is 0 Å². The summed E-state index contributed by atoms with van der Waals surface area (Å²) < 4.78 is 0. The zero-order valence-corrected chi connectivity index (χ0v) is 13.4. The van der Waals surface area contributed by atoms with Crippen molar-refractivity contribution in [2.45, 2.75) is 26.7 Å². The van der Waals surface area contributed by atoms with Crippen LogP contribution in [0.5, 0.6) is 0 Å². The van der Waals surface area contributed by atoms with E-state index >= 15 is 0 Å². The van der Waals surface area contributed by atoms with Gasteiger partial charge in [-0.25, -0.2) is 10.9 Å².